The molecule has 39 heavy (non-hydrogen) atoms. The Morgan fingerprint density at radius 1 is 1.10 bits per heavy atom. The highest BCUT2D eigenvalue weighted by Crippen LogP contribution is 2.34. The summed E-state index contributed by atoms with van der Waals surface area (Å²) in [6.45, 7) is 8.09. The number of nitrogens with zero attached hydrogens (tertiary/aromatic N) is 5. The van der Waals surface area contributed by atoms with Crippen molar-refractivity contribution in [2.75, 3.05) is 55.7 Å². The Kier molecular flexibility index (Phi) is 8.29. The molecule has 1 aromatic carbocycles. The molecule has 2 aliphatic rings. The van der Waals surface area contributed by atoms with Crippen molar-refractivity contribution in [2.24, 2.45) is 0 Å². The first-order valence-electron chi connectivity index (χ1n) is 13.0. The monoisotopic (exact) mass is 567 g/mol. The SMILES string of the molecule is CCOCCCN1C(=O)/C(=C\c2c(N3CCN(c4ccc(F)cc4)CC3)nc3c(C)cccn3c2=O)SC1=S. The van der Waals surface area contributed by atoms with Gasteiger partial charge in [-0.25, -0.2) is 9.37 Å². The predicted molar refractivity (Wildman–Crippen MR) is 158 cm³/mol. The lowest BCUT2D eigenvalue weighted by atomic mass is 10.2. The Balaban J connectivity index is 1.47. The largest absolute Gasteiger partial charge is 0.382 e. The first-order chi connectivity index (χ1) is 18.9. The molecule has 0 spiro atoms. The van der Waals surface area contributed by atoms with E-state index < -0.39 is 0 Å². The fraction of sp³-hybridized carbons (Fsp3) is 0.357. The van der Waals surface area contributed by atoms with Gasteiger partial charge in [0.05, 0.1) is 10.5 Å². The Morgan fingerprint density at radius 2 is 1.82 bits per heavy atom. The van der Waals surface area contributed by atoms with Crippen LogP contribution in [0.3, 0.4) is 0 Å². The summed E-state index contributed by atoms with van der Waals surface area (Å²) >= 11 is 6.70. The summed E-state index contributed by atoms with van der Waals surface area (Å²) in [6.07, 6.45) is 4.02. The van der Waals surface area contributed by atoms with E-state index in [0.717, 1.165) is 11.3 Å². The number of amides is 1. The molecule has 2 aliphatic heterocycles. The lowest BCUT2D eigenvalue weighted by molar-refractivity contribution is -0.122. The number of thiocarbonyl (C=S) groups is 1. The van der Waals surface area contributed by atoms with Gasteiger partial charge < -0.3 is 14.5 Å². The number of aryl methyl sites for hydroxylation is 1. The number of fused-ring (bicyclic) bond motifs is 1. The first kappa shape index (κ1) is 27.3. The number of pyridine rings is 1. The second kappa shape index (κ2) is 11.8. The average molecular weight is 568 g/mol. The van der Waals surface area contributed by atoms with Crippen LogP contribution in [0, 0.1) is 12.7 Å². The Bertz CT molecular complexity index is 1480. The average Bonchev–Trinajstić information content (AvgIpc) is 3.20. The van der Waals surface area contributed by atoms with Crippen molar-refractivity contribution in [3.8, 4) is 0 Å². The van der Waals surface area contributed by atoms with Crippen LogP contribution in [0.2, 0.25) is 0 Å². The maximum Gasteiger partial charge on any atom is 0.267 e. The third kappa shape index (κ3) is 5.70. The minimum atomic E-state index is -0.266. The van der Waals surface area contributed by atoms with Gasteiger partial charge in [-0.15, -0.1) is 0 Å². The summed E-state index contributed by atoms with van der Waals surface area (Å²) in [7, 11) is 0. The second-order valence-corrected chi connectivity index (χ2v) is 11.0. The fourth-order valence-corrected chi connectivity index (χ4v) is 6.08. The summed E-state index contributed by atoms with van der Waals surface area (Å²) in [4.78, 5) is 38.2. The zero-order valence-corrected chi connectivity index (χ0v) is 23.6. The van der Waals surface area contributed by atoms with Gasteiger partial charge in [-0.1, -0.05) is 30.0 Å². The van der Waals surface area contributed by atoms with Crippen LogP contribution in [0.4, 0.5) is 15.9 Å². The number of thioether (sulfide) groups is 1. The van der Waals surface area contributed by atoms with E-state index in [1.807, 2.05) is 26.0 Å². The minimum Gasteiger partial charge on any atom is -0.382 e. The molecular formula is C28H30FN5O3S2. The van der Waals surface area contributed by atoms with Crippen molar-refractivity contribution in [1.82, 2.24) is 14.3 Å². The van der Waals surface area contributed by atoms with Crippen molar-refractivity contribution >= 4 is 57.4 Å². The number of piperazine rings is 1. The molecule has 4 heterocycles. The van der Waals surface area contributed by atoms with Gasteiger partial charge in [0.1, 0.15) is 21.6 Å². The molecule has 204 valence electrons. The molecule has 0 aliphatic carbocycles. The number of benzene rings is 1. The van der Waals surface area contributed by atoms with Crippen LogP contribution < -0.4 is 15.4 Å². The van der Waals surface area contributed by atoms with Gasteiger partial charge in [-0.3, -0.25) is 18.9 Å². The van der Waals surface area contributed by atoms with Crippen LogP contribution >= 0.6 is 24.0 Å². The standard InChI is InChI=1S/C28H30FN5O3S2/c1-3-37-17-5-12-34-27(36)23(39-28(34)38)18-22-25(30-24-19(2)6-4-11-33(24)26(22)35)32-15-13-31(14-16-32)21-9-7-20(29)8-10-21/h4,6-11,18H,3,5,12-17H2,1-2H3/b23-18+. The number of hydrogen-bond donors (Lipinski definition) is 0. The molecule has 1 amide bonds. The highest BCUT2D eigenvalue weighted by molar-refractivity contribution is 8.26. The lowest BCUT2D eigenvalue weighted by Gasteiger charge is -2.37. The molecule has 11 heteroatoms. The van der Waals surface area contributed by atoms with Crippen LogP contribution in [0.1, 0.15) is 24.5 Å². The van der Waals surface area contributed by atoms with Crippen molar-refractivity contribution < 1.29 is 13.9 Å². The Labute approximate surface area is 236 Å². The van der Waals surface area contributed by atoms with Gasteiger partial charge in [0, 0.05) is 57.8 Å². The molecule has 0 unspecified atom stereocenters. The Morgan fingerprint density at radius 3 is 2.54 bits per heavy atom. The van der Waals surface area contributed by atoms with Gasteiger partial charge in [0.15, 0.2) is 0 Å². The summed E-state index contributed by atoms with van der Waals surface area (Å²) in [5.41, 5.74) is 2.54. The highest BCUT2D eigenvalue weighted by atomic mass is 32.2. The number of hydrogen-bond acceptors (Lipinski definition) is 8. The van der Waals surface area contributed by atoms with Crippen molar-refractivity contribution in [3.05, 3.63) is 74.8 Å². The fourth-order valence-electron chi connectivity index (χ4n) is 4.79. The maximum absolute atomic E-state index is 13.8. The van der Waals surface area contributed by atoms with E-state index in [2.05, 4.69) is 9.80 Å². The van der Waals surface area contributed by atoms with Crippen LogP contribution in [-0.4, -0.2) is 70.4 Å². The van der Waals surface area contributed by atoms with E-state index >= 15 is 0 Å². The summed E-state index contributed by atoms with van der Waals surface area (Å²) in [5.74, 6) is 0.0786. The zero-order valence-electron chi connectivity index (χ0n) is 21.9. The molecule has 0 N–H and O–H groups in total. The number of anilines is 2. The molecule has 2 saturated heterocycles. The molecule has 5 rings (SSSR count). The smallest absolute Gasteiger partial charge is 0.267 e. The lowest BCUT2D eigenvalue weighted by Crippen LogP contribution is -2.47. The van der Waals surface area contributed by atoms with E-state index in [-0.39, 0.29) is 17.3 Å². The maximum atomic E-state index is 13.8. The van der Waals surface area contributed by atoms with Crippen molar-refractivity contribution in [1.29, 1.82) is 0 Å². The van der Waals surface area contributed by atoms with Crippen molar-refractivity contribution in [3.63, 3.8) is 0 Å². The highest BCUT2D eigenvalue weighted by Gasteiger charge is 2.33. The van der Waals surface area contributed by atoms with Crippen molar-refractivity contribution in [2.45, 2.75) is 20.3 Å². The topological polar surface area (TPSA) is 70.4 Å². The van der Waals surface area contributed by atoms with E-state index in [9.17, 15) is 14.0 Å². The molecule has 0 atom stereocenters. The van der Waals surface area contributed by atoms with Gasteiger partial charge in [-0.05, 0) is 62.2 Å². The molecule has 3 aromatic rings. The number of aromatic nitrogens is 2. The second-order valence-electron chi connectivity index (χ2n) is 9.37. The number of carbonyl (C=O) groups is 1. The van der Waals surface area contributed by atoms with E-state index in [1.54, 1.807) is 29.3 Å². The number of ether oxygens (including phenoxy) is 1. The molecule has 2 aromatic heterocycles. The number of halogens is 1. The molecule has 0 saturated carbocycles. The van der Waals surface area contributed by atoms with Gasteiger partial charge in [0.2, 0.25) is 0 Å². The third-order valence-electron chi connectivity index (χ3n) is 6.86. The molecule has 2 fully saturated rings. The van der Waals surface area contributed by atoms with E-state index in [4.69, 9.17) is 21.9 Å². The Hall–Kier alpha value is -3.28. The quantitative estimate of drug-likeness (QED) is 0.229. The molecular weight excluding hydrogens is 537 g/mol. The molecule has 8 nitrogen and oxygen atoms in total. The zero-order chi connectivity index (χ0) is 27.5. The van der Waals surface area contributed by atoms with E-state index in [1.165, 1.54) is 28.3 Å². The minimum absolute atomic E-state index is 0.206. The molecule has 0 bridgehead atoms. The molecule has 0 radical (unpaired) electrons. The summed E-state index contributed by atoms with van der Waals surface area (Å²) < 4.78 is 20.8. The first-order valence-corrected chi connectivity index (χ1v) is 14.2. The third-order valence-corrected chi connectivity index (χ3v) is 8.24. The van der Waals surface area contributed by atoms with Gasteiger partial charge in [0.25, 0.3) is 11.5 Å². The van der Waals surface area contributed by atoms with Crippen LogP contribution in [0.5, 0.6) is 0 Å². The van der Waals surface area contributed by atoms with Crippen LogP contribution in [-0.2, 0) is 9.53 Å². The van der Waals surface area contributed by atoms with Gasteiger partial charge in [-0.2, -0.15) is 0 Å². The normalized spacial score (nSPS) is 17.2. The number of rotatable bonds is 8. The van der Waals surface area contributed by atoms with Crippen LogP contribution in [0.25, 0.3) is 11.7 Å². The summed E-state index contributed by atoms with van der Waals surface area (Å²) in [6, 6.07) is 10.2. The van der Waals surface area contributed by atoms with E-state index in [0.29, 0.717) is 78.6 Å². The summed E-state index contributed by atoms with van der Waals surface area (Å²) in [5, 5.41) is 0. The predicted octanol–water partition coefficient (Wildman–Crippen LogP) is 4.10. The number of carbonyl (C=O) groups excluding carboxylic acids is 1. The van der Waals surface area contributed by atoms with Gasteiger partial charge >= 0.3 is 0 Å². The van der Waals surface area contributed by atoms with Crippen LogP contribution in [0.15, 0.2) is 52.3 Å².